The predicted octanol–water partition coefficient (Wildman–Crippen LogP) is 3.80. The van der Waals surface area contributed by atoms with Crippen LogP contribution in [-0.2, 0) is 0 Å². The lowest BCUT2D eigenvalue weighted by Crippen LogP contribution is -2.57. The minimum atomic E-state index is -0.639. The Morgan fingerprint density at radius 2 is 1.92 bits per heavy atom. The van der Waals surface area contributed by atoms with Gasteiger partial charge in [0.25, 0.3) is 0 Å². The van der Waals surface area contributed by atoms with Crippen LogP contribution in [0.15, 0.2) is 5.10 Å². The molecule has 5 nitrogen and oxygen atoms in total. The molecular formula is C19H35N3O2. The van der Waals surface area contributed by atoms with Gasteiger partial charge in [0.1, 0.15) is 0 Å². The van der Waals surface area contributed by atoms with Gasteiger partial charge >= 0.3 is 6.03 Å². The van der Waals surface area contributed by atoms with E-state index in [1.807, 2.05) is 13.8 Å². The summed E-state index contributed by atoms with van der Waals surface area (Å²) in [6, 6.07) is -0.639. The van der Waals surface area contributed by atoms with Gasteiger partial charge in [0.2, 0.25) is 0 Å². The van der Waals surface area contributed by atoms with Crippen molar-refractivity contribution < 1.29 is 9.90 Å². The van der Waals surface area contributed by atoms with Crippen LogP contribution >= 0.6 is 0 Å². The van der Waals surface area contributed by atoms with Crippen molar-refractivity contribution in [1.29, 1.82) is 0 Å². The molecule has 0 aliphatic heterocycles. The topological polar surface area (TPSA) is 87.7 Å². The summed E-state index contributed by atoms with van der Waals surface area (Å²) in [7, 11) is 0. The Bertz CT molecular complexity index is 513. The van der Waals surface area contributed by atoms with E-state index in [2.05, 4.69) is 31.3 Å². The Labute approximate surface area is 146 Å². The van der Waals surface area contributed by atoms with Crippen LogP contribution < -0.4 is 11.2 Å². The van der Waals surface area contributed by atoms with Crippen molar-refractivity contribution in [3.63, 3.8) is 0 Å². The zero-order valence-corrected chi connectivity index (χ0v) is 16.0. The maximum atomic E-state index is 11.1. The summed E-state index contributed by atoms with van der Waals surface area (Å²) in [5, 5.41) is 15.1. The van der Waals surface area contributed by atoms with Crippen molar-refractivity contribution in [3.8, 4) is 0 Å². The molecule has 4 unspecified atom stereocenters. The second-order valence-electron chi connectivity index (χ2n) is 9.21. The summed E-state index contributed by atoms with van der Waals surface area (Å²) in [5.74, 6) is 0.909. The number of hydrogen-bond acceptors (Lipinski definition) is 3. The number of nitrogens with two attached hydrogens (primary N) is 1. The molecule has 4 atom stereocenters. The fourth-order valence-electron chi connectivity index (χ4n) is 5.83. The van der Waals surface area contributed by atoms with E-state index in [1.54, 1.807) is 0 Å². The Kier molecular flexibility index (Phi) is 5.34. The van der Waals surface area contributed by atoms with Crippen molar-refractivity contribution in [1.82, 2.24) is 5.43 Å². The first-order valence-electron chi connectivity index (χ1n) is 9.30. The molecule has 0 aromatic carbocycles. The fourth-order valence-corrected chi connectivity index (χ4v) is 5.83. The highest BCUT2D eigenvalue weighted by Crippen LogP contribution is 2.62. The van der Waals surface area contributed by atoms with Crippen LogP contribution in [0, 0.1) is 22.7 Å². The fraction of sp³-hybridized carbons (Fsp3) is 0.895. The number of fused-ring (bicyclic) bond motifs is 1. The van der Waals surface area contributed by atoms with Gasteiger partial charge in [-0.1, -0.05) is 27.2 Å². The van der Waals surface area contributed by atoms with Gasteiger partial charge in [0.15, 0.2) is 0 Å². The highest BCUT2D eigenvalue weighted by Gasteiger charge is 2.57. The third-order valence-corrected chi connectivity index (χ3v) is 6.91. The van der Waals surface area contributed by atoms with Crippen LogP contribution in [0.25, 0.3) is 0 Å². The van der Waals surface area contributed by atoms with Gasteiger partial charge in [-0.05, 0) is 75.0 Å². The molecule has 2 rings (SSSR count). The Hall–Kier alpha value is -1.10. The highest BCUT2D eigenvalue weighted by atomic mass is 16.3. The lowest BCUT2D eigenvalue weighted by atomic mass is 9.45. The van der Waals surface area contributed by atoms with Crippen molar-refractivity contribution in [2.75, 3.05) is 0 Å². The number of hydrazone groups is 1. The summed E-state index contributed by atoms with van der Waals surface area (Å²) >= 11 is 0. The normalized spacial score (nSPS) is 39.2. The molecule has 0 saturated heterocycles. The van der Waals surface area contributed by atoms with Crippen LogP contribution in [0.2, 0.25) is 0 Å². The number of carbonyl (C=O) groups is 1. The molecule has 2 fully saturated rings. The lowest BCUT2D eigenvalue weighted by molar-refractivity contribution is -0.168. The number of amides is 2. The SMILES string of the molecule is CC(CCC1C(C)(O)CCC2C(C)(C)CCCC21C)=NNC(N)=O. The summed E-state index contributed by atoms with van der Waals surface area (Å²) in [6.45, 7) is 11.1. The van der Waals surface area contributed by atoms with E-state index < -0.39 is 11.6 Å². The number of urea groups is 1. The molecule has 5 heteroatoms. The van der Waals surface area contributed by atoms with Crippen molar-refractivity contribution in [3.05, 3.63) is 0 Å². The van der Waals surface area contributed by atoms with E-state index in [1.165, 1.54) is 19.3 Å². The third kappa shape index (κ3) is 3.76. The number of primary amides is 1. The minimum absolute atomic E-state index is 0.168. The largest absolute Gasteiger partial charge is 0.390 e. The average Bonchev–Trinajstić information content (AvgIpc) is 2.42. The molecule has 0 radical (unpaired) electrons. The average molecular weight is 338 g/mol. The van der Waals surface area contributed by atoms with Gasteiger partial charge in [-0.3, -0.25) is 0 Å². The number of nitrogens with zero attached hydrogens (tertiary/aromatic N) is 1. The predicted molar refractivity (Wildman–Crippen MR) is 97.6 cm³/mol. The minimum Gasteiger partial charge on any atom is -0.390 e. The number of aliphatic hydroxyl groups is 1. The van der Waals surface area contributed by atoms with E-state index in [0.717, 1.165) is 31.4 Å². The van der Waals surface area contributed by atoms with Gasteiger partial charge in [0.05, 0.1) is 5.60 Å². The second-order valence-corrected chi connectivity index (χ2v) is 9.21. The first-order valence-corrected chi connectivity index (χ1v) is 9.30. The van der Waals surface area contributed by atoms with Crippen LogP contribution in [0.5, 0.6) is 0 Å². The maximum absolute atomic E-state index is 11.1. The molecule has 2 aliphatic carbocycles. The molecule has 24 heavy (non-hydrogen) atoms. The second kappa shape index (κ2) is 6.66. The van der Waals surface area contributed by atoms with E-state index in [4.69, 9.17) is 5.73 Å². The molecule has 2 aliphatic rings. The summed E-state index contributed by atoms with van der Waals surface area (Å²) in [5.41, 5.74) is 8.10. The standard InChI is InChI=1S/C19H35N3O2/c1-13(21-22-16(20)23)7-8-15-18(4)11-6-10-17(2,3)14(18)9-12-19(15,5)24/h14-15,24H,6-12H2,1-5H3,(H3,20,22,23). The Morgan fingerprint density at radius 1 is 1.25 bits per heavy atom. The number of hydrogen-bond donors (Lipinski definition) is 3. The van der Waals surface area contributed by atoms with Crippen LogP contribution in [0.4, 0.5) is 4.79 Å². The first kappa shape index (κ1) is 19.2. The van der Waals surface area contributed by atoms with Gasteiger partial charge in [0, 0.05) is 5.71 Å². The molecule has 0 aromatic rings. The van der Waals surface area contributed by atoms with Crippen molar-refractivity contribution in [2.45, 2.75) is 85.2 Å². The van der Waals surface area contributed by atoms with Gasteiger partial charge in [-0.2, -0.15) is 5.10 Å². The molecule has 2 amide bonds. The van der Waals surface area contributed by atoms with E-state index >= 15 is 0 Å². The number of carbonyl (C=O) groups excluding carboxylic acids is 1. The summed E-state index contributed by atoms with van der Waals surface area (Å²) in [6.07, 6.45) is 7.36. The van der Waals surface area contributed by atoms with Gasteiger partial charge < -0.3 is 10.8 Å². The number of rotatable bonds is 4. The van der Waals surface area contributed by atoms with Crippen LogP contribution in [0.3, 0.4) is 0 Å². The summed E-state index contributed by atoms with van der Waals surface area (Å²) in [4.78, 5) is 10.8. The maximum Gasteiger partial charge on any atom is 0.332 e. The van der Waals surface area contributed by atoms with Crippen LogP contribution in [-0.4, -0.2) is 22.5 Å². The van der Waals surface area contributed by atoms with E-state index in [0.29, 0.717) is 11.3 Å². The Morgan fingerprint density at radius 3 is 2.54 bits per heavy atom. The molecule has 138 valence electrons. The smallest absolute Gasteiger partial charge is 0.332 e. The van der Waals surface area contributed by atoms with E-state index in [9.17, 15) is 9.90 Å². The van der Waals surface area contributed by atoms with Gasteiger partial charge in [-0.25, -0.2) is 10.2 Å². The molecular weight excluding hydrogens is 302 g/mol. The zero-order valence-electron chi connectivity index (χ0n) is 16.0. The Balaban J connectivity index is 2.18. The van der Waals surface area contributed by atoms with Crippen molar-refractivity contribution in [2.24, 2.45) is 33.5 Å². The molecule has 0 bridgehead atoms. The molecule has 0 spiro atoms. The number of nitrogens with one attached hydrogen (secondary N) is 1. The zero-order chi connectivity index (χ0) is 18.2. The highest BCUT2D eigenvalue weighted by molar-refractivity contribution is 5.83. The molecule has 4 N–H and O–H groups in total. The quantitative estimate of drug-likeness (QED) is 0.538. The van der Waals surface area contributed by atoms with E-state index in [-0.39, 0.29) is 11.3 Å². The van der Waals surface area contributed by atoms with Crippen LogP contribution in [0.1, 0.15) is 79.6 Å². The molecule has 0 aromatic heterocycles. The van der Waals surface area contributed by atoms with Gasteiger partial charge in [-0.15, -0.1) is 0 Å². The van der Waals surface area contributed by atoms with Crippen molar-refractivity contribution >= 4 is 11.7 Å². The first-order chi connectivity index (χ1) is 11.0. The molecule has 0 heterocycles. The monoisotopic (exact) mass is 337 g/mol. The lowest BCUT2D eigenvalue weighted by Gasteiger charge is -2.61. The summed E-state index contributed by atoms with van der Waals surface area (Å²) < 4.78 is 0. The third-order valence-electron chi connectivity index (χ3n) is 6.91. The molecule has 2 saturated carbocycles.